The number of nitrogens with zero attached hydrogens (tertiary/aromatic N) is 6. The van der Waals surface area contributed by atoms with Crippen molar-refractivity contribution in [1.82, 2.24) is 46.4 Å². The van der Waals surface area contributed by atoms with Gasteiger partial charge in [-0.25, -0.2) is 9.37 Å². The Bertz CT molecular complexity index is 3300. The average Bonchev–Trinajstić information content (AvgIpc) is 4.31. The third-order valence-corrected chi connectivity index (χ3v) is 17.2. The Labute approximate surface area is 450 Å². The van der Waals surface area contributed by atoms with Crippen molar-refractivity contribution in [3.63, 3.8) is 0 Å². The highest BCUT2D eigenvalue weighted by atomic mass is 32.1. The molecule has 19 heteroatoms. The first-order valence-electron chi connectivity index (χ1n) is 27.0. The van der Waals surface area contributed by atoms with Gasteiger partial charge in [-0.1, -0.05) is 63.2 Å². The summed E-state index contributed by atoms with van der Waals surface area (Å²) in [6.07, 6.45) is 5.87. The number of carbonyl (C=O) groups excluding carboxylic acids is 2. The molecule has 5 unspecified atom stereocenters. The van der Waals surface area contributed by atoms with E-state index in [0.717, 1.165) is 89.8 Å². The number of phenols is 1. The van der Waals surface area contributed by atoms with Gasteiger partial charge in [0.15, 0.2) is 17.1 Å². The van der Waals surface area contributed by atoms with Crippen LogP contribution in [0.25, 0.3) is 43.4 Å². The van der Waals surface area contributed by atoms with E-state index in [0.29, 0.717) is 60.1 Å². The van der Waals surface area contributed by atoms with E-state index in [4.69, 9.17) is 28.9 Å². The number of nitrogens with one attached hydrogen (secondary N) is 4. The van der Waals surface area contributed by atoms with Crippen LogP contribution in [0.3, 0.4) is 0 Å². The number of carbonyl (C=O) groups is 2. The molecular weight excluding hydrogens is 1000 g/mol. The topological polar surface area (TPSA) is 222 Å². The summed E-state index contributed by atoms with van der Waals surface area (Å²) in [7, 11) is 0. The van der Waals surface area contributed by atoms with Gasteiger partial charge in [-0.2, -0.15) is 9.97 Å². The van der Waals surface area contributed by atoms with E-state index in [1.54, 1.807) is 35.7 Å². The summed E-state index contributed by atoms with van der Waals surface area (Å²) < 4.78 is 35.5. The number of anilines is 1. The lowest BCUT2D eigenvalue weighted by Crippen LogP contribution is -2.60. The molecule has 2 bridgehead atoms. The van der Waals surface area contributed by atoms with Crippen LogP contribution in [-0.4, -0.2) is 116 Å². The van der Waals surface area contributed by atoms with Gasteiger partial charge in [-0.3, -0.25) is 19.9 Å². The van der Waals surface area contributed by atoms with E-state index in [1.165, 1.54) is 0 Å². The van der Waals surface area contributed by atoms with Crippen molar-refractivity contribution < 1.29 is 38.2 Å². The summed E-state index contributed by atoms with van der Waals surface area (Å²) in [5.41, 5.74) is 3.97. The highest BCUT2D eigenvalue weighted by Crippen LogP contribution is 2.40. The number of ether oxygens (including phenoxy) is 2. The van der Waals surface area contributed by atoms with Crippen molar-refractivity contribution in [3.05, 3.63) is 101 Å². The van der Waals surface area contributed by atoms with E-state index in [2.05, 4.69) is 43.2 Å². The number of aromatic hydroxyl groups is 1. The molecule has 11 rings (SSSR count). The van der Waals surface area contributed by atoms with Crippen molar-refractivity contribution in [2.24, 2.45) is 5.92 Å². The van der Waals surface area contributed by atoms with E-state index < -0.39 is 34.8 Å². The number of ketones is 1. The van der Waals surface area contributed by atoms with Crippen LogP contribution >= 0.6 is 11.3 Å². The molecule has 77 heavy (non-hydrogen) atoms. The zero-order valence-electron chi connectivity index (χ0n) is 44.2. The lowest BCUT2D eigenvalue weighted by molar-refractivity contribution is -0.138. The van der Waals surface area contributed by atoms with Gasteiger partial charge in [0.1, 0.15) is 28.5 Å². The largest absolute Gasteiger partial charge is 0.508 e. The number of piperidine rings is 1. The minimum Gasteiger partial charge on any atom is -0.508 e. The molecule has 0 radical (unpaired) electrons. The second-order valence-electron chi connectivity index (χ2n) is 22.1. The number of β-amino-alcohol motifs (C(OH)–C–C–N with tert-alkyl or cyclic N) is 1. The molecule has 7 atom stereocenters. The Kier molecular flexibility index (Phi) is 14.7. The first kappa shape index (κ1) is 52.4. The number of fused-ring (bicyclic) bond motifs is 4. The SMILES string of the molecule is CCc1cccc2cc(O)cc(-c3ncc4c(N5CC6CCC(C5)N6)nc(OCCC5CC(COc6cc(C(C)(C)CC(=O)[C@]7(C(=O)N[C@@H](C)c8ccc(-c9scnc9C)cc8)CC(O)CN7)on6)CCN5)nc4c3F)c12. The highest BCUT2D eigenvalue weighted by molar-refractivity contribution is 7.13. The molecular formula is C58H67FN10O7S. The smallest absolute Gasteiger partial charge is 0.319 e. The van der Waals surface area contributed by atoms with Gasteiger partial charge in [0.2, 0.25) is 5.91 Å². The number of phenolic OH excluding ortho intramolecular Hbond substituents is 1. The normalized spacial score (nSPS) is 22.9. The molecule has 3 aromatic carbocycles. The number of thiazole rings is 1. The van der Waals surface area contributed by atoms with Crippen LogP contribution < -0.4 is 35.6 Å². The number of piperazine rings is 1. The molecule has 4 saturated heterocycles. The standard InChI is InChI=1S/C58H67FN10O7S/c1-6-35-8-7-9-38-21-42(70)22-44(49(35)38)51-50(59)52-45(27-61-51)54(69-28-40-14-15-41(29-69)65-40)67-56(66-52)74-19-17-39-20-34(16-18-60-39)30-75-48-23-47(76-68-48)57(4,5)25-46(72)58(24-43(71)26-63-58)55(73)64-32(2)36-10-12-37(13-11-36)53-33(3)62-31-77-53/h7-13,21-23,27,31-32,34,39-41,43,60,63,65,70-71H,6,14-20,24-26,28-30H2,1-5H3,(H,64,73)/t32-,34?,39?,40?,41?,43?,58-/m0/s1. The lowest BCUT2D eigenvalue weighted by atomic mass is 9.77. The number of halogens is 1. The number of benzene rings is 3. The summed E-state index contributed by atoms with van der Waals surface area (Å²) in [6, 6.07) is 19.2. The quantitative estimate of drug-likeness (QED) is 0.0448. The molecule has 17 nitrogen and oxygen atoms in total. The molecule has 0 aliphatic carbocycles. The molecule has 4 aromatic heterocycles. The fourth-order valence-electron chi connectivity index (χ4n) is 11.9. The van der Waals surface area contributed by atoms with Gasteiger partial charge in [-0.15, -0.1) is 11.3 Å². The van der Waals surface area contributed by atoms with E-state index in [9.17, 15) is 19.8 Å². The Balaban J connectivity index is 0.722. The molecule has 6 N–H and O–H groups in total. The van der Waals surface area contributed by atoms with Crippen LogP contribution in [-0.2, 0) is 21.4 Å². The van der Waals surface area contributed by atoms with Crippen LogP contribution in [0.5, 0.6) is 17.6 Å². The van der Waals surface area contributed by atoms with Crippen LogP contribution in [0.1, 0.15) is 101 Å². The zero-order valence-corrected chi connectivity index (χ0v) is 45.0. The van der Waals surface area contributed by atoms with Crippen molar-refractivity contribution >= 4 is 50.5 Å². The maximum absolute atomic E-state index is 17.1. The molecule has 0 saturated carbocycles. The number of Topliss-reactive ketones (excluding diaryl/α,β-unsaturated/α-hetero) is 1. The molecule has 4 fully saturated rings. The van der Waals surface area contributed by atoms with Gasteiger partial charge in [0.05, 0.1) is 46.8 Å². The molecule has 1 amide bonds. The Morgan fingerprint density at radius 1 is 1.05 bits per heavy atom. The van der Waals surface area contributed by atoms with Crippen LogP contribution in [0.15, 0.2) is 76.9 Å². The van der Waals surface area contributed by atoms with Gasteiger partial charge < -0.3 is 45.1 Å². The van der Waals surface area contributed by atoms with Gasteiger partial charge >= 0.3 is 6.01 Å². The van der Waals surface area contributed by atoms with Crippen molar-refractivity contribution in [1.29, 1.82) is 0 Å². The summed E-state index contributed by atoms with van der Waals surface area (Å²) in [5.74, 6) is 0.130. The summed E-state index contributed by atoms with van der Waals surface area (Å²) in [6.45, 7) is 12.7. The summed E-state index contributed by atoms with van der Waals surface area (Å²) >= 11 is 1.58. The number of aliphatic hydroxyl groups excluding tert-OH is 1. The zero-order chi connectivity index (χ0) is 53.6. The minimum atomic E-state index is -1.62. The van der Waals surface area contributed by atoms with Gasteiger partial charge in [-0.05, 0) is 110 Å². The van der Waals surface area contributed by atoms with E-state index >= 15 is 4.39 Å². The van der Waals surface area contributed by atoms with Crippen molar-refractivity contribution in [2.75, 3.05) is 44.3 Å². The number of hydrogen-bond acceptors (Lipinski definition) is 17. The minimum absolute atomic E-state index is 0.0259. The maximum Gasteiger partial charge on any atom is 0.319 e. The predicted molar refractivity (Wildman–Crippen MR) is 293 cm³/mol. The van der Waals surface area contributed by atoms with Gasteiger partial charge in [0.25, 0.3) is 5.88 Å². The number of aryl methyl sites for hydroxylation is 2. The maximum atomic E-state index is 17.1. The first-order valence-corrected chi connectivity index (χ1v) is 27.9. The van der Waals surface area contributed by atoms with Crippen molar-refractivity contribution in [2.45, 2.75) is 127 Å². The fourth-order valence-corrected chi connectivity index (χ4v) is 12.7. The van der Waals surface area contributed by atoms with Crippen molar-refractivity contribution in [3.8, 4) is 39.3 Å². The van der Waals surface area contributed by atoms with Crippen LogP contribution in [0.4, 0.5) is 10.2 Å². The van der Waals surface area contributed by atoms with Crippen LogP contribution in [0.2, 0.25) is 0 Å². The molecule has 4 aliphatic rings. The molecule has 8 heterocycles. The number of aliphatic hydroxyl groups is 1. The lowest BCUT2D eigenvalue weighted by Gasteiger charge is -2.34. The predicted octanol–water partition coefficient (Wildman–Crippen LogP) is 8.04. The van der Waals surface area contributed by atoms with Gasteiger partial charge in [0, 0.05) is 73.8 Å². The number of hydrogen-bond donors (Lipinski definition) is 6. The van der Waals surface area contributed by atoms with E-state index in [1.807, 2.05) is 75.7 Å². The second-order valence-corrected chi connectivity index (χ2v) is 23.0. The third-order valence-electron chi connectivity index (χ3n) is 16.2. The summed E-state index contributed by atoms with van der Waals surface area (Å²) in [4.78, 5) is 50.4. The monoisotopic (exact) mass is 1070 g/mol. The third kappa shape index (κ3) is 10.7. The number of aromatic nitrogens is 5. The molecule has 404 valence electrons. The van der Waals surface area contributed by atoms with Crippen LogP contribution in [0, 0.1) is 18.7 Å². The first-order chi connectivity index (χ1) is 37.1. The molecule has 0 spiro atoms. The number of pyridine rings is 1. The van der Waals surface area contributed by atoms with E-state index in [-0.39, 0.29) is 60.1 Å². The second kappa shape index (κ2) is 21.6. The average molecular weight is 1070 g/mol. The fraction of sp³-hybridized carbons (Fsp3) is 0.466. The summed E-state index contributed by atoms with van der Waals surface area (Å²) in [5, 5.41) is 41.2. The Morgan fingerprint density at radius 2 is 1.86 bits per heavy atom. The number of amides is 1. The Hall–Kier alpha value is -6.64. The molecule has 7 aromatic rings. The Morgan fingerprint density at radius 3 is 2.60 bits per heavy atom. The molecule has 4 aliphatic heterocycles. The number of rotatable bonds is 18. The highest BCUT2D eigenvalue weighted by Gasteiger charge is 2.52.